The molecular weight excluding hydrogens is 356 g/mol. The van der Waals surface area contributed by atoms with Crippen molar-refractivity contribution in [2.24, 2.45) is 4.99 Å². The Labute approximate surface area is 168 Å². The molecule has 7 heteroatoms. The number of guanidine groups is 1. The summed E-state index contributed by atoms with van der Waals surface area (Å²) in [6.45, 7) is 10.8. The fourth-order valence-electron chi connectivity index (χ4n) is 3.05. The van der Waals surface area contributed by atoms with Gasteiger partial charge in [-0.15, -0.1) is 0 Å². The van der Waals surface area contributed by atoms with E-state index in [9.17, 15) is 4.79 Å². The van der Waals surface area contributed by atoms with Gasteiger partial charge < -0.3 is 25.0 Å². The number of benzene rings is 1. The Kier molecular flexibility index (Phi) is 7.96. The van der Waals surface area contributed by atoms with E-state index in [4.69, 9.17) is 14.5 Å². The van der Waals surface area contributed by atoms with E-state index in [1.807, 2.05) is 32.9 Å². The molecule has 1 aliphatic heterocycles. The summed E-state index contributed by atoms with van der Waals surface area (Å²) in [6.07, 6.45) is 1.38. The monoisotopic (exact) mass is 390 g/mol. The molecule has 1 fully saturated rings. The molecule has 0 saturated carbocycles. The molecule has 7 nitrogen and oxygen atoms in total. The number of carbonyl (C=O) groups excluding carboxylic acids is 1. The first kappa shape index (κ1) is 21.9. The van der Waals surface area contributed by atoms with E-state index < -0.39 is 5.60 Å². The molecule has 0 bridgehead atoms. The molecule has 1 aromatic carbocycles. The Balaban J connectivity index is 1.86. The van der Waals surface area contributed by atoms with Crippen LogP contribution in [0.1, 0.15) is 39.7 Å². The number of rotatable bonds is 6. The molecule has 28 heavy (non-hydrogen) atoms. The predicted octanol–water partition coefficient (Wildman–Crippen LogP) is 2.80. The van der Waals surface area contributed by atoms with Gasteiger partial charge in [0.2, 0.25) is 0 Å². The maximum absolute atomic E-state index is 12.0. The third kappa shape index (κ3) is 7.29. The number of hydrogen-bond donors (Lipinski definition) is 2. The lowest BCUT2D eigenvalue weighted by Crippen LogP contribution is -2.44. The number of nitrogens with one attached hydrogen (secondary N) is 2. The maximum Gasteiger partial charge on any atom is 0.407 e. The fourth-order valence-corrected chi connectivity index (χ4v) is 3.05. The van der Waals surface area contributed by atoms with Gasteiger partial charge in [0.1, 0.15) is 11.4 Å². The summed E-state index contributed by atoms with van der Waals surface area (Å²) in [5.74, 6) is 1.76. The van der Waals surface area contributed by atoms with Crippen molar-refractivity contribution in [3.8, 4) is 5.75 Å². The van der Waals surface area contributed by atoms with Crippen LogP contribution in [0.2, 0.25) is 0 Å². The van der Waals surface area contributed by atoms with Gasteiger partial charge in [0.05, 0.1) is 13.2 Å². The predicted molar refractivity (Wildman–Crippen MR) is 112 cm³/mol. The zero-order valence-electron chi connectivity index (χ0n) is 17.7. The third-order valence-corrected chi connectivity index (χ3v) is 4.36. The van der Waals surface area contributed by atoms with Crippen LogP contribution in [-0.2, 0) is 11.2 Å². The topological polar surface area (TPSA) is 75.2 Å². The lowest BCUT2D eigenvalue weighted by atomic mass is 10.1. The molecule has 0 spiro atoms. The minimum atomic E-state index is -0.486. The number of methoxy groups -OCH3 is 1. The van der Waals surface area contributed by atoms with Crippen molar-refractivity contribution in [2.75, 3.05) is 33.3 Å². The normalized spacial score (nSPS) is 17.4. The number of alkyl carbamates (subject to hydrolysis) is 1. The molecule has 1 unspecified atom stereocenters. The van der Waals surface area contributed by atoms with Gasteiger partial charge in [-0.1, -0.05) is 12.1 Å². The van der Waals surface area contributed by atoms with E-state index in [1.54, 1.807) is 7.11 Å². The first-order valence-electron chi connectivity index (χ1n) is 9.96. The summed E-state index contributed by atoms with van der Waals surface area (Å²) in [7, 11) is 1.67. The Morgan fingerprint density at radius 3 is 2.61 bits per heavy atom. The summed E-state index contributed by atoms with van der Waals surface area (Å²) in [6, 6.07) is 8.14. The van der Waals surface area contributed by atoms with Crippen LogP contribution < -0.4 is 15.4 Å². The molecule has 156 valence electrons. The highest BCUT2D eigenvalue weighted by Crippen LogP contribution is 2.13. The van der Waals surface area contributed by atoms with Crippen molar-refractivity contribution in [3.63, 3.8) is 0 Å². The van der Waals surface area contributed by atoms with Crippen LogP contribution in [0.3, 0.4) is 0 Å². The van der Waals surface area contributed by atoms with Gasteiger partial charge >= 0.3 is 6.09 Å². The SMILES string of the molecule is CCNC(=NCCc1ccc(OC)cc1)N1CCC(NC(=O)OC(C)(C)C)C1. The number of ether oxygens (including phenoxy) is 2. The van der Waals surface area contributed by atoms with E-state index in [0.29, 0.717) is 6.54 Å². The summed E-state index contributed by atoms with van der Waals surface area (Å²) >= 11 is 0. The largest absolute Gasteiger partial charge is 0.497 e. The van der Waals surface area contributed by atoms with Crippen LogP contribution in [0, 0.1) is 0 Å². The Bertz CT molecular complexity index is 653. The van der Waals surface area contributed by atoms with Crippen LogP contribution in [0.25, 0.3) is 0 Å². The zero-order chi connectivity index (χ0) is 20.6. The highest BCUT2D eigenvalue weighted by molar-refractivity contribution is 5.80. The molecule has 1 saturated heterocycles. The van der Waals surface area contributed by atoms with Crippen LogP contribution in [0.4, 0.5) is 4.79 Å². The third-order valence-electron chi connectivity index (χ3n) is 4.36. The Morgan fingerprint density at radius 2 is 2.00 bits per heavy atom. The second-order valence-corrected chi connectivity index (χ2v) is 7.91. The van der Waals surface area contributed by atoms with E-state index in [-0.39, 0.29) is 12.1 Å². The first-order valence-corrected chi connectivity index (χ1v) is 9.96. The highest BCUT2D eigenvalue weighted by Gasteiger charge is 2.27. The number of hydrogen-bond acceptors (Lipinski definition) is 4. The van der Waals surface area contributed by atoms with Gasteiger partial charge in [0.25, 0.3) is 0 Å². The molecule has 0 radical (unpaired) electrons. The molecule has 1 aliphatic rings. The molecule has 1 amide bonds. The number of nitrogens with zero attached hydrogens (tertiary/aromatic N) is 2. The van der Waals surface area contributed by atoms with Gasteiger partial charge in [0.15, 0.2) is 5.96 Å². The van der Waals surface area contributed by atoms with Crippen LogP contribution in [0.15, 0.2) is 29.3 Å². The quantitative estimate of drug-likeness (QED) is 0.577. The zero-order valence-corrected chi connectivity index (χ0v) is 17.7. The van der Waals surface area contributed by atoms with E-state index >= 15 is 0 Å². The van der Waals surface area contributed by atoms with Gasteiger partial charge in [-0.05, 0) is 58.2 Å². The lowest BCUT2D eigenvalue weighted by molar-refractivity contribution is 0.0507. The number of amides is 1. The van der Waals surface area contributed by atoms with Crippen molar-refractivity contribution in [2.45, 2.75) is 52.2 Å². The van der Waals surface area contributed by atoms with E-state index in [1.165, 1.54) is 5.56 Å². The van der Waals surface area contributed by atoms with Crippen molar-refractivity contribution < 1.29 is 14.3 Å². The van der Waals surface area contributed by atoms with Gasteiger partial charge in [-0.3, -0.25) is 4.99 Å². The minimum Gasteiger partial charge on any atom is -0.497 e. The summed E-state index contributed by atoms with van der Waals surface area (Å²) in [5, 5.41) is 6.31. The lowest BCUT2D eigenvalue weighted by Gasteiger charge is -2.23. The second-order valence-electron chi connectivity index (χ2n) is 7.91. The van der Waals surface area contributed by atoms with Crippen LogP contribution in [-0.4, -0.2) is 61.9 Å². The molecule has 2 rings (SSSR count). The summed E-state index contributed by atoms with van der Waals surface area (Å²) in [4.78, 5) is 18.9. The number of carbonyl (C=O) groups is 1. The van der Waals surface area contributed by atoms with Gasteiger partial charge in [0, 0.05) is 26.2 Å². The molecule has 1 aromatic rings. The van der Waals surface area contributed by atoms with Crippen LogP contribution >= 0.6 is 0 Å². The van der Waals surface area contributed by atoms with Crippen molar-refractivity contribution in [3.05, 3.63) is 29.8 Å². The molecular formula is C21H34N4O3. The van der Waals surface area contributed by atoms with Crippen LogP contribution in [0.5, 0.6) is 5.75 Å². The van der Waals surface area contributed by atoms with Crippen molar-refractivity contribution in [1.82, 2.24) is 15.5 Å². The average molecular weight is 391 g/mol. The molecule has 1 heterocycles. The molecule has 2 N–H and O–H groups in total. The fraction of sp³-hybridized carbons (Fsp3) is 0.619. The maximum atomic E-state index is 12.0. The molecule has 1 atom stereocenters. The highest BCUT2D eigenvalue weighted by atomic mass is 16.6. The van der Waals surface area contributed by atoms with E-state index in [0.717, 1.165) is 44.2 Å². The van der Waals surface area contributed by atoms with Crippen molar-refractivity contribution in [1.29, 1.82) is 0 Å². The molecule has 0 aromatic heterocycles. The second kappa shape index (κ2) is 10.2. The number of aliphatic imine (C=N–C) groups is 1. The summed E-state index contributed by atoms with van der Waals surface area (Å²) < 4.78 is 10.5. The smallest absolute Gasteiger partial charge is 0.407 e. The first-order chi connectivity index (χ1) is 13.3. The average Bonchev–Trinajstić information content (AvgIpc) is 3.08. The summed E-state index contributed by atoms with van der Waals surface area (Å²) in [5.41, 5.74) is 0.742. The minimum absolute atomic E-state index is 0.0697. The number of likely N-dealkylation sites (tertiary alicyclic amines) is 1. The van der Waals surface area contributed by atoms with E-state index in [2.05, 4.69) is 34.6 Å². The van der Waals surface area contributed by atoms with Gasteiger partial charge in [-0.25, -0.2) is 4.79 Å². The standard InChI is InChI=1S/C21H34N4O3/c1-6-22-19(23-13-11-16-7-9-18(27-5)10-8-16)25-14-12-17(15-25)24-20(26)28-21(2,3)4/h7-10,17H,6,11-15H2,1-5H3,(H,22,23)(H,24,26). The molecule has 0 aliphatic carbocycles. The Hall–Kier alpha value is -2.44. The van der Waals surface area contributed by atoms with Gasteiger partial charge in [-0.2, -0.15) is 0 Å². The van der Waals surface area contributed by atoms with Crippen molar-refractivity contribution >= 4 is 12.1 Å². The Morgan fingerprint density at radius 1 is 1.29 bits per heavy atom.